The minimum atomic E-state index is -1.11. The minimum Gasteiger partial charge on any atom is -0.482 e. The van der Waals surface area contributed by atoms with Crippen LogP contribution < -0.4 is 15.4 Å². The number of rotatable bonds is 5. The van der Waals surface area contributed by atoms with Crippen LogP contribution in [0.2, 0.25) is 0 Å². The number of primary amides is 1. The summed E-state index contributed by atoms with van der Waals surface area (Å²) in [5.74, 6) is -2.43. The van der Waals surface area contributed by atoms with Gasteiger partial charge in [0.15, 0.2) is 6.61 Å². The van der Waals surface area contributed by atoms with Crippen LogP contribution >= 0.6 is 0 Å². The van der Waals surface area contributed by atoms with E-state index in [1.165, 1.54) is 0 Å². The van der Waals surface area contributed by atoms with E-state index in [0.29, 0.717) is 17.9 Å². The molecule has 3 aliphatic rings. The van der Waals surface area contributed by atoms with Gasteiger partial charge < -0.3 is 20.5 Å². The van der Waals surface area contributed by atoms with Gasteiger partial charge in [-0.1, -0.05) is 6.07 Å². The molecule has 0 aromatic heterocycles. The summed E-state index contributed by atoms with van der Waals surface area (Å²) < 4.78 is 5.28. The van der Waals surface area contributed by atoms with Gasteiger partial charge in [0.1, 0.15) is 11.2 Å². The van der Waals surface area contributed by atoms with Gasteiger partial charge in [0.05, 0.1) is 0 Å². The standard InChI is InChI=1S/C14H14N2O5/c1-7-14(12(19)13(15)20)6-16(7)8-3-2-4-9(11(8)14)21-5-10(17)18/h2-4,7H,5-6H2,1H3,(H2,15,20)(H,17,18). The Morgan fingerprint density at radius 3 is 2.76 bits per heavy atom. The van der Waals surface area contributed by atoms with Gasteiger partial charge in [-0.2, -0.15) is 0 Å². The number of carboxylic acids is 1. The van der Waals surface area contributed by atoms with Crippen molar-refractivity contribution >= 4 is 23.3 Å². The van der Waals surface area contributed by atoms with E-state index in [-0.39, 0.29) is 6.04 Å². The fourth-order valence-corrected chi connectivity index (χ4v) is 3.34. The van der Waals surface area contributed by atoms with Crippen LogP contribution in [0.25, 0.3) is 0 Å². The van der Waals surface area contributed by atoms with Crippen molar-refractivity contribution < 1.29 is 24.2 Å². The molecule has 21 heavy (non-hydrogen) atoms. The maximum absolute atomic E-state index is 12.3. The number of Topliss-reactive ketones (excluding diaryl/α,β-unsaturated/α-hetero) is 1. The minimum absolute atomic E-state index is 0.193. The molecule has 1 amide bonds. The maximum Gasteiger partial charge on any atom is 0.341 e. The predicted octanol–water partition coefficient (Wildman–Crippen LogP) is -0.336. The highest BCUT2D eigenvalue weighted by atomic mass is 16.5. The van der Waals surface area contributed by atoms with Gasteiger partial charge in [0, 0.05) is 23.8 Å². The molecule has 0 spiro atoms. The highest BCUT2D eigenvalue weighted by Gasteiger charge is 2.65. The Morgan fingerprint density at radius 1 is 1.48 bits per heavy atom. The number of aliphatic carboxylic acids is 1. The molecule has 0 saturated carbocycles. The Bertz CT molecular complexity index is 671. The van der Waals surface area contributed by atoms with Gasteiger partial charge in [-0.05, 0) is 19.1 Å². The number of amides is 1. The lowest BCUT2D eigenvalue weighted by Gasteiger charge is -2.47. The van der Waals surface area contributed by atoms with Gasteiger partial charge in [0.2, 0.25) is 5.78 Å². The normalized spacial score (nSPS) is 25.0. The predicted molar refractivity (Wildman–Crippen MR) is 72.3 cm³/mol. The fraction of sp³-hybridized carbons (Fsp3) is 0.357. The highest BCUT2D eigenvalue weighted by Crippen LogP contribution is 2.58. The van der Waals surface area contributed by atoms with E-state index in [1.807, 2.05) is 17.9 Å². The number of ketones is 1. The highest BCUT2D eigenvalue weighted by molar-refractivity contribution is 6.40. The zero-order valence-electron chi connectivity index (χ0n) is 11.3. The van der Waals surface area contributed by atoms with Crippen LogP contribution in [0.4, 0.5) is 5.69 Å². The summed E-state index contributed by atoms with van der Waals surface area (Å²) in [5, 5.41) is 8.74. The van der Waals surface area contributed by atoms with Crippen LogP contribution in [0.1, 0.15) is 12.5 Å². The molecule has 0 radical (unpaired) electrons. The third kappa shape index (κ3) is 1.57. The fourth-order valence-electron chi connectivity index (χ4n) is 3.34. The third-order valence-corrected chi connectivity index (χ3v) is 4.34. The Labute approximate surface area is 120 Å². The van der Waals surface area contributed by atoms with Crippen molar-refractivity contribution in [1.29, 1.82) is 0 Å². The first-order valence-corrected chi connectivity index (χ1v) is 6.48. The molecule has 7 heteroatoms. The maximum atomic E-state index is 12.3. The van der Waals surface area contributed by atoms with Crippen LogP contribution in [-0.4, -0.2) is 42.0 Å². The van der Waals surface area contributed by atoms with E-state index < -0.39 is 29.7 Å². The molecule has 3 heterocycles. The number of nitrogens with zero attached hydrogens (tertiary/aromatic N) is 1. The Morgan fingerprint density at radius 2 is 2.19 bits per heavy atom. The van der Waals surface area contributed by atoms with E-state index in [4.69, 9.17) is 15.6 Å². The molecule has 3 aliphatic heterocycles. The molecule has 4 rings (SSSR count). The molecule has 0 aliphatic carbocycles. The van der Waals surface area contributed by atoms with Crippen molar-refractivity contribution in [3.05, 3.63) is 23.8 Å². The number of ether oxygens (including phenoxy) is 1. The van der Waals surface area contributed by atoms with Crippen LogP contribution in [0.5, 0.6) is 5.75 Å². The number of hydrogen-bond donors (Lipinski definition) is 2. The molecule has 1 aromatic carbocycles. The Hall–Kier alpha value is -2.57. The summed E-state index contributed by atoms with van der Waals surface area (Å²) in [5.41, 5.74) is 5.52. The molecule has 2 unspecified atom stereocenters. The van der Waals surface area contributed by atoms with Crippen LogP contribution in [0, 0.1) is 0 Å². The summed E-state index contributed by atoms with van der Waals surface area (Å²) in [4.78, 5) is 36.3. The monoisotopic (exact) mass is 290 g/mol. The molecule has 1 fully saturated rings. The summed E-state index contributed by atoms with van der Waals surface area (Å²) in [6.45, 7) is 1.70. The van der Waals surface area contributed by atoms with E-state index >= 15 is 0 Å². The lowest BCUT2D eigenvalue weighted by Crippen LogP contribution is -2.66. The summed E-state index contributed by atoms with van der Waals surface area (Å²) in [6, 6.07) is 4.96. The number of anilines is 1. The summed E-state index contributed by atoms with van der Waals surface area (Å²) in [7, 11) is 0. The van der Waals surface area contributed by atoms with Crippen LogP contribution in [-0.2, 0) is 19.8 Å². The van der Waals surface area contributed by atoms with Crippen molar-refractivity contribution in [2.45, 2.75) is 18.4 Å². The van der Waals surface area contributed by atoms with E-state index in [9.17, 15) is 14.4 Å². The lowest BCUT2D eigenvalue weighted by atomic mass is 9.69. The first kappa shape index (κ1) is 13.4. The molecular formula is C14H14N2O5. The lowest BCUT2D eigenvalue weighted by molar-refractivity contribution is -0.140. The first-order valence-electron chi connectivity index (χ1n) is 6.48. The number of carboxylic acid groups (broad SMARTS) is 1. The molecule has 2 atom stereocenters. The van der Waals surface area contributed by atoms with E-state index in [2.05, 4.69) is 0 Å². The van der Waals surface area contributed by atoms with E-state index in [1.54, 1.807) is 12.1 Å². The first-order chi connectivity index (χ1) is 9.89. The molecule has 3 N–H and O–H groups in total. The molecule has 1 aromatic rings. The topological polar surface area (TPSA) is 110 Å². The molecule has 110 valence electrons. The third-order valence-electron chi connectivity index (χ3n) is 4.34. The quantitative estimate of drug-likeness (QED) is 0.718. The van der Waals surface area contributed by atoms with Gasteiger partial charge in [0.25, 0.3) is 5.91 Å². The Kier molecular flexibility index (Phi) is 2.69. The number of nitrogens with two attached hydrogens (primary N) is 1. The zero-order chi connectivity index (χ0) is 15.4. The molecule has 7 nitrogen and oxygen atoms in total. The molecular weight excluding hydrogens is 276 g/mol. The van der Waals surface area contributed by atoms with Gasteiger partial charge in [-0.3, -0.25) is 9.59 Å². The van der Waals surface area contributed by atoms with E-state index in [0.717, 1.165) is 5.69 Å². The second kappa shape index (κ2) is 4.21. The van der Waals surface area contributed by atoms with Crippen LogP contribution in [0.3, 0.4) is 0 Å². The van der Waals surface area contributed by atoms with Crippen molar-refractivity contribution in [3.63, 3.8) is 0 Å². The average Bonchev–Trinajstić information content (AvgIpc) is 2.92. The van der Waals surface area contributed by atoms with Crippen molar-refractivity contribution in [2.75, 3.05) is 18.1 Å². The second-order valence-corrected chi connectivity index (χ2v) is 5.30. The summed E-state index contributed by atoms with van der Waals surface area (Å²) in [6.07, 6.45) is 0. The Balaban J connectivity index is 2.08. The average molecular weight is 290 g/mol. The zero-order valence-corrected chi connectivity index (χ0v) is 11.3. The van der Waals surface area contributed by atoms with Gasteiger partial charge in [-0.15, -0.1) is 0 Å². The molecule has 1 saturated heterocycles. The van der Waals surface area contributed by atoms with Crippen molar-refractivity contribution in [3.8, 4) is 5.75 Å². The molecule has 2 bridgehead atoms. The SMILES string of the molecule is CC1N2CC1(C(=O)C(N)=O)c1c(OCC(=O)O)cccc12. The van der Waals surface area contributed by atoms with Gasteiger partial charge >= 0.3 is 5.97 Å². The van der Waals surface area contributed by atoms with Crippen molar-refractivity contribution in [1.82, 2.24) is 0 Å². The van der Waals surface area contributed by atoms with Crippen molar-refractivity contribution in [2.24, 2.45) is 5.73 Å². The largest absolute Gasteiger partial charge is 0.482 e. The second-order valence-electron chi connectivity index (χ2n) is 5.30. The smallest absolute Gasteiger partial charge is 0.341 e. The number of carbonyl (C=O) groups is 3. The number of hydrogen-bond acceptors (Lipinski definition) is 5. The summed E-state index contributed by atoms with van der Waals surface area (Å²) >= 11 is 0. The van der Waals surface area contributed by atoms with Gasteiger partial charge in [-0.25, -0.2) is 4.79 Å². The van der Waals surface area contributed by atoms with Crippen LogP contribution in [0.15, 0.2) is 18.2 Å². The number of benzene rings is 1. The number of carbonyl (C=O) groups excluding carboxylic acids is 2.